The Bertz CT molecular complexity index is 917. The van der Waals surface area contributed by atoms with Crippen LogP contribution in [0.25, 0.3) is 6.08 Å². The summed E-state index contributed by atoms with van der Waals surface area (Å²) >= 11 is 6.74. The second-order valence-electron chi connectivity index (χ2n) is 6.48. The number of rotatable bonds is 6. The summed E-state index contributed by atoms with van der Waals surface area (Å²) in [6.45, 7) is 0.460. The molecule has 4 nitrogen and oxygen atoms in total. The van der Waals surface area contributed by atoms with Crippen LogP contribution in [0.4, 0.5) is 5.69 Å². The van der Waals surface area contributed by atoms with Gasteiger partial charge in [0.1, 0.15) is 10.1 Å². The van der Waals surface area contributed by atoms with Crippen molar-refractivity contribution in [3.63, 3.8) is 0 Å². The average Bonchev–Trinajstić information content (AvgIpc) is 2.96. The molecule has 0 atom stereocenters. The van der Waals surface area contributed by atoms with Crippen LogP contribution in [0.3, 0.4) is 0 Å². The average molecular weight is 411 g/mol. The Morgan fingerprint density at radius 1 is 1.11 bits per heavy atom. The number of thioether (sulfide) groups is 1. The van der Waals surface area contributed by atoms with Gasteiger partial charge in [0.25, 0.3) is 5.91 Å². The predicted molar refractivity (Wildman–Crippen MR) is 122 cm³/mol. The Balaban J connectivity index is 1.66. The van der Waals surface area contributed by atoms with Gasteiger partial charge in [-0.2, -0.15) is 0 Å². The lowest BCUT2D eigenvalue weighted by Crippen LogP contribution is -2.27. The van der Waals surface area contributed by atoms with Crippen LogP contribution in [0.2, 0.25) is 0 Å². The monoisotopic (exact) mass is 410 g/mol. The van der Waals surface area contributed by atoms with Crippen LogP contribution in [0, 0.1) is 0 Å². The Morgan fingerprint density at radius 2 is 1.79 bits per heavy atom. The summed E-state index contributed by atoms with van der Waals surface area (Å²) in [6, 6.07) is 15.9. The molecule has 28 heavy (non-hydrogen) atoms. The molecule has 144 valence electrons. The van der Waals surface area contributed by atoms with Crippen LogP contribution in [0.15, 0.2) is 65.6 Å². The van der Waals surface area contributed by atoms with Crippen molar-refractivity contribution in [3.05, 3.63) is 76.7 Å². The Morgan fingerprint density at radius 3 is 2.39 bits per heavy atom. The first-order valence-corrected chi connectivity index (χ1v) is 10.0. The highest BCUT2D eigenvalue weighted by atomic mass is 32.2. The zero-order valence-electron chi connectivity index (χ0n) is 16.1. The van der Waals surface area contributed by atoms with Gasteiger partial charge in [0.15, 0.2) is 0 Å². The number of anilines is 1. The van der Waals surface area contributed by atoms with Crippen molar-refractivity contribution >= 4 is 46.0 Å². The van der Waals surface area contributed by atoms with Crippen LogP contribution >= 0.6 is 24.0 Å². The van der Waals surface area contributed by atoms with Crippen LogP contribution in [0.5, 0.6) is 5.75 Å². The van der Waals surface area contributed by atoms with Crippen LogP contribution in [0.1, 0.15) is 11.1 Å². The number of carbonyl (C=O) groups is 1. The number of carbonyl (C=O) groups excluding carboxylic acids is 1. The van der Waals surface area contributed by atoms with E-state index < -0.39 is 0 Å². The fraction of sp³-hybridized carbons (Fsp3) is 0.182. The molecule has 1 aliphatic heterocycles. The fourth-order valence-electron chi connectivity index (χ4n) is 2.69. The Labute approximate surface area is 175 Å². The molecule has 1 fully saturated rings. The highest BCUT2D eigenvalue weighted by Crippen LogP contribution is 2.32. The minimum absolute atomic E-state index is 0.0570. The predicted octanol–water partition coefficient (Wildman–Crippen LogP) is 4.72. The van der Waals surface area contributed by atoms with Gasteiger partial charge >= 0.3 is 0 Å². The third-order valence-electron chi connectivity index (χ3n) is 4.32. The molecule has 1 aliphatic rings. The Hall–Kier alpha value is -2.57. The van der Waals surface area contributed by atoms with Crippen LogP contribution in [-0.4, -0.2) is 36.3 Å². The van der Waals surface area contributed by atoms with E-state index in [2.05, 4.69) is 29.2 Å². The highest BCUT2D eigenvalue weighted by molar-refractivity contribution is 8.26. The molecule has 2 aromatic carbocycles. The molecule has 0 radical (unpaired) electrons. The number of ether oxygens (including phenoxy) is 1. The zero-order chi connectivity index (χ0) is 20.1. The van der Waals surface area contributed by atoms with Gasteiger partial charge in [0, 0.05) is 19.8 Å². The number of thiocarbonyl (C=S) groups is 1. The van der Waals surface area contributed by atoms with Crippen molar-refractivity contribution in [1.82, 2.24) is 4.90 Å². The SMILES string of the molecule is COc1ccc(CN2C(=O)/C(=C/C=C/c3ccc(N(C)C)cc3)SC2=S)cc1. The maximum atomic E-state index is 12.7. The normalized spacial score (nSPS) is 15.7. The molecule has 0 aliphatic carbocycles. The molecule has 0 saturated carbocycles. The number of hydrogen-bond acceptors (Lipinski definition) is 5. The van der Waals surface area contributed by atoms with E-state index in [1.165, 1.54) is 11.8 Å². The number of benzene rings is 2. The molecule has 0 bridgehead atoms. The topological polar surface area (TPSA) is 32.8 Å². The minimum atomic E-state index is -0.0570. The van der Waals surface area contributed by atoms with Crippen molar-refractivity contribution < 1.29 is 9.53 Å². The van der Waals surface area contributed by atoms with E-state index in [9.17, 15) is 4.79 Å². The smallest absolute Gasteiger partial charge is 0.266 e. The van der Waals surface area contributed by atoms with Gasteiger partial charge in [-0.15, -0.1) is 0 Å². The summed E-state index contributed by atoms with van der Waals surface area (Å²) in [4.78, 5) is 17.0. The van der Waals surface area contributed by atoms with Gasteiger partial charge in [-0.25, -0.2) is 0 Å². The first-order valence-electron chi connectivity index (χ1n) is 8.80. The number of nitrogens with zero attached hydrogens (tertiary/aromatic N) is 2. The molecule has 0 spiro atoms. The second kappa shape index (κ2) is 9.08. The summed E-state index contributed by atoms with van der Waals surface area (Å²) in [5, 5.41) is 0. The number of hydrogen-bond donors (Lipinski definition) is 0. The third kappa shape index (κ3) is 4.82. The molecule has 0 aromatic heterocycles. The molecular formula is C22H22N2O2S2. The maximum Gasteiger partial charge on any atom is 0.266 e. The summed E-state index contributed by atoms with van der Waals surface area (Å²) in [7, 11) is 5.66. The van der Waals surface area contributed by atoms with Crippen molar-refractivity contribution in [2.45, 2.75) is 6.54 Å². The number of amides is 1. The number of allylic oxidation sites excluding steroid dienone is 2. The van der Waals surface area contributed by atoms with E-state index in [-0.39, 0.29) is 5.91 Å². The third-order valence-corrected chi connectivity index (χ3v) is 5.72. The van der Waals surface area contributed by atoms with Gasteiger partial charge in [0.05, 0.1) is 18.6 Å². The highest BCUT2D eigenvalue weighted by Gasteiger charge is 2.31. The maximum absolute atomic E-state index is 12.7. The molecule has 1 heterocycles. The molecule has 1 amide bonds. The second-order valence-corrected chi connectivity index (χ2v) is 8.16. The zero-order valence-corrected chi connectivity index (χ0v) is 17.7. The Kier molecular flexibility index (Phi) is 6.54. The van der Waals surface area contributed by atoms with E-state index >= 15 is 0 Å². The number of methoxy groups -OCH3 is 1. The lowest BCUT2D eigenvalue weighted by Gasteiger charge is -2.14. The van der Waals surface area contributed by atoms with Crippen LogP contribution < -0.4 is 9.64 Å². The van der Waals surface area contributed by atoms with Gasteiger partial charge < -0.3 is 9.64 Å². The summed E-state index contributed by atoms with van der Waals surface area (Å²) in [5.74, 6) is 0.733. The molecule has 1 saturated heterocycles. The minimum Gasteiger partial charge on any atom is -0.497 e. The van der Waals surface area contributed by atoms with E-state index in [1.807, 2.05) is 56.6 Å². The van der Waals surface area contributed by atoms with E-state index in [1.54, 1.807) is 12.0 Å². The molecule has 0 unspecified atom stereocenters. The quantitative estimate of drug-likeness (QED) is 0.508. The van der Waals surface area contributed by atoms with Gasteiger partial charge in [-0.1, -0.05) is 60.4 Å². The molecule has 0 N–H and O–H groups in total. The first-order chi connectivity index (χ1) is 13.5. The molecule has 3 rings (SSSR count). The largest absolute Gasteiger partial charge is 0.497 e. The standard InChI is InChI=1S/C22H22N2O2S2/c1-23(2)18-11-7-16(8-12-18)5-4-6-20-21(25)24(22(27)28-20)15-17-9-13-19(26-3)14-10-17/h4-14H,15H2,1-3H3/b5-4+,20-6-. The lowest BCUT2D eigenvalue weighted by molar-refractivity contribution is -0.122. The molecule has 2 aromatic rings. The molecule has 6 heteroatoms. The van der Waals surface area contributed by atoms with E-state index in [4.69, 9.17) is 17.0 Å². The van der Waals surface area contributed by atoms with Crippen molar-refractivity contribution in [2.75, 3.05) is 26.1 Å². The first kappa shape index (κ1) is 20.2. The molecular weight excluding hydrogens is 388 g/mol. The van der Waals surface area contributed by atoms with Crippen molar-refractivity contribution in [1.29, 1.82) is 0 Å². The van der Waals surface area contributed by atoms with E-state index in [0.29, 0.717) is 15.8 Å². The van der Waals surface area contributed by atoms with Gasteiger partial charge in [0.2, 0.25) is 0 Å². The summed E-state index contributed by atoms with van der Waals surface area (Å²) in [5.41, 5.74) is 3.24. The lowest BCUT2D eigenvalue weighted by atomic mass is 10.2. The van der Waals surface area contributed by atoms with Gasteiger partial charge in [-0.3, -0.25) is 9.69 Å². The fourth-order valence-corrected chi connectivity index (χ4v) is 3.90. The summed E-state index contributed by atoms with van der Waals surface area (Å²) in [6.07, 6.45) is 5.70. The van der Waals surface area contributed by atoms with Crippen LogP contribution in [-0.2, 0) is 11.3 Å². The van der Waals surface area contributed by atoms with E-state index in [0.717, 1.165) is 22.6 Å². The van der Waals surface area contributed by atoms with Crippen molar-refractivity contribution in [2.24, 2.45) is 0 Å². The van der Waals surface area contributed by atoms with Crippen molar-refractivity contribution in [3.8, 4) is 5.75 Å². The van der Waals surface area contributed by atoms with Gasteiger partial charge in [-0.05, 0) is 41.5 Å². The summed E-state index contributed by atoms with van der Waals surface area (Å²) < 4.78 is 5.75.